The molecule has 0 spiro atoms. The van der Waals surface area contributed by atoms with Gasteiger partial charge in [-0.2, -0.15) is 0 Å². The molecule has 2 fully saturated rings. The van der Waals surface area contributed by atoms with Crippen LogP contribution in [0.25, 0.3) is 0 Å². The Kier molecular flexibility index (Phi) is 4.20. The summed E-state index contributed by atoms with van der Waals surface area (Å²) < 4.78 is 18.6. The van der Waals surface area contributed by atoms with Crippen molar-refractivity contribution in [2.75, 3.05) is 23.8 Å². The molecule has 2 aliphatic rings. The Morgan fingerprint density at radius 1 is 1.60 bits per heavy atom. The predicted molar refractivity (Wildman–Crippen MR) is 70.8 cm³/mol. The molecule has 0 aromatic carbocycles. The third-order valence-electron chi connectivity index (χ3n) is 3.49. The van der Waals surface area contributed by atoms with E-state index < -0.39 is 11.2 Å². The van der Waals surface area contributed by atoms with Gasteiger partial charge < -0.3 is 14.2 Å². The Morgan fingerprint density at radius 3 is 2.87 bits per heavy atom. The Hall–Kier alpha value is 0.960. The Labute approximate surface area is 108 Å². The first-order valence-electron chi connectivity index (χ1n) is 5.42. The number of hydrogen-bond donors (Lipinski definition) is 0. The number of hydrogen-bond acceptors (Lipinski definition) is 3. The average molecular weight is 343 g/mol. The molecule has 15 heavy (non-hydrogen) atoms. The van der Waals surface area contributed by atoms with Crippen LogP contribution in [-0.2, 0) is 15.9 Å². The summed E-state index contributed by atoms with van der Waals surface area (Å²) in [5.41, 5.74) is -0.0705. The second kappa shape index (κ2) is 5.08. The highest BCUT2D eigenvalue weighted by Gasteiger charge is 2.45. The minimum Gasteiger partial charge on any atom is -0.614 e. The summed E-state index contributed by atoms with van der Waals surface area (Å²) in [7, 11) is 2.16. The van der Waals surface area contributed by atoms with Gasteiger partial charge in [0.05, 0.1) is 0 Å². The predicted octanol–water partition coefficient (Wildman–Crippen LogP) is 1.24. The van der Waals surface area contributed by atoms with Gasteiger partial charge in [0.2, 0.25) is 5.44 Å². The molecule has 0 aromatic heterocycles. The molecule has 5 unspecified atom stereocenters. The molecule has 0 N–H and O–H groups in total. The second-order valence-corrected chi connectivity index (χ2v) is 7.10. The first-order valence-corrected chi connectivity index (χ1v) is 8.33. The maximum Gasteiger partial charge on any atom is 0.213 e. The highest BCUT2D eigenvalue weighted by Crippen LogP contribution is 2.33. The third-order valence-corrected chi connectivity index (χ3v) is 6.13. The molecule has 0 aliphatic carbocycles. The van der Waals surface area contributed by atoms with Crippen molar-refractivity contribution < 1.29 is 9.29 Å². The van der Waals surface area contributed by atoms with Gasteiger partial charge in [0.25, 0.3) is 0 Å². The molecule has 5 atom stereocenters. The zero-order valence-electron chi connectivity index (χ0n) is 9.19. The quantitative estimate of drug-likeness (QED) is 0.430. The van der Waals surface area contributed by atoms with E-state index >= 15 is 0 Å². The first kappa shape index (κ1) is 12.4. The number of ether oxygens (including phenoxy) is 1. The summed E-state index contributed by atoms with van der Waals surface area (Å²) in [4.78, 5) is 2.38. The average Bonchev–Trinajstić information content (AvgIpc) is 2.71. The Balaban J connectivity index is 2.03. The van der Waals surface area contributed by atoms with Gasteiger partial charge in [0, 0.05) is 17.4 Å². The number of nitrogens with zero attached hydrogens (tertiary/aromatic N) is 1. The van der Waals surface area contributed by atoms with Crippen molar-refractivity contribution >= 4 is 33.8 Å². The van der Waals surface area contributed by atoms with Gasteiger partial charge in [-0.25, -0.2) is 0 Å². The molecule has 2 heterocycles. The number of rotatable bonds is 2. The minimum absolute atomic E-state index is 0.0705. The lowest BCUT2D eigenvalue weighted by atomic mass is 9.98. The normalized spacial score (nSPS) is 47.6. The van der Waals surface area contributed by atoms with Crippen LogP contribution in [0.1, 0.15) is 13.3 Å². The summed E-state index contributed by atoms with van der Waals surface area (Å²) in [5, 5.41) is 0. The molecule has 0 radical (unpaired) electrons. The standard InChI is InChI=1S/C10H18INO2S/c1-7-14-9(6-15(7)13)10-8(5-11)3-4-12(10)2/h7-10H,3-6H2,1-2H3. The largest absolute Gasteiger partial charge is 0.614 e. The summed E-state index contributed by atoms with van der Waals surface area (Å²) in [6.45, 7) is 3.07. The maximum absolute atomic E-state index is 11.6. The van der Waals surface area contributed by atoms with Crippen LogP contribution in [-0.4, -0.2) is 50.8 Å². The molecule has 2 saturated heterocycles. The van der Waals surface area contributed by atoms with Gasteiger partial charge in [0.1, 0.15) is 11.9 Å². The summed E-state index contributed by atoms with van der Waals surface area (Å²) >= 11 is 1.68. The second-order valence-electron chi connectivity index (χ2n) is 4.46. The van der Waals surface area contributed by atoms with E-state index in [0.717, 1.165) is 12.3 Å². The van der Waals surface area contributed by atoms with E-state index in [-0.39, 0.29) is 11.5 Å². The van der Waals surface area contributed by atoms with Gasteiger partial charge in [0.15, 0.2) is 0 Å². The number of likely N-dealkylation sites (N-methyl/N-ethyl adjacent to an activating group) is 1. The zero-order valence-corrected chi connectivity index (χ0v) is 12.2. The zero-order chi connectivity index (χ0) is 11.0. The molecule has 3 nitrogen and oxygen atoms in total. The van der Waals surface area contributed by atoms with Crippen LogP contribution in [0.5, 0.6) is 0 Å². The van der Waals surface area contributed by atoms with Crippen LogP contribution in [0.4, 0.5) is 0 Å². The van der Waals surface area contributed by atoms with E-state index in [1.54, 1.807) is 0 Å². The number of halogens is 1. The lowest BCUT2D eigenvalue weighted by Crippen LogP contribution is -2.42. The lowest BCUT2D eigenvalue weighted by Gasteiger charge is -2.27. The Morgan fingerprint density at radius 2 is 2.33 bits per heavy atom. The molecule has 2 rings (SSSR count). The van der Waals surface area contributed by atoms with Crippen LogP contribution in [0.2, 0.25) is 0 Å². The minimum atomic E-state index is -0.777. The molecule has 2 aliphatic heterocycles. The fourth-order valence-corrected chi connectivity index (χ4v) is 4.73. The third kappa shape index (κ3) is 2.46. The highest BCUT2D eigenvalue weighted by atomic mass is 127. The molecule has 0 bridgehead atoms. The summed E-state index contributed by atoms with van der Waals surface area (Å²) in [6, 6.07) is 0.482. The highest BCUT2D eigenvalue weighted by molar-refractivity contribution is 14.1. The van der Waals surface area contributed by atoms with Crippen molar-refractivity contribution in [3.63, 3.8) is 0 Å². The van der Waals surface area contributed by atoms with Crippen molar-refractivity contribution in [1.82, 2.24) is 4.90 Å². The van der Waals surface area contributed by atoms with Crippen LogP contribution in [0.15, 0.2) is 0 Å². The Bertz CT molecular complexity index is 221. The van der Waals surface area contributed by atoms with Gasteiger partial charge in [-0.1, -0.05) is 22.6 Å². The van der Waals surface area contributed by atoms with E-state index in [9.17, 15) is 4.55 Å². The first-order chi connectivity index (χ1) is 7.13. The SMILES string of the molecule is CC1OC(C2C(CI)CCN2C)C[S+]1[O-]. The van der Waals surface area contributed by atoms with Crippen molar-refractivity contribution in [3.05, 3.63) is 0 Å². The van der Waals surface area contributed by atoms with Crippen LogP contribution >= 0.6 is 22.6 Å². The van der Waals surface area contributed by atoms with E-state index in [2.05, 4.69) is 34.5 Å². The summed E-state index contributed by atoms with van der Waals surface area (Å²) in [5.74, 6) is 1.44. The molecular formula is C10H18INO2S. The van der Waals surface area contributed by atoms with Gasteiger partial charge in [-0.3, -0.25) is 0 Å². The van der Waals surface area contributed by atoms with Crippen molar-refractivity contribution in [2.45, 2.75) is 30.9 Å². The van der Waals surface area contributed by atoms with Crippen molar-refractivity contribution in [1.29, 1.82) is 0 Å². The van der Waals surface area contributed by atoms with E-state index in [1.165, 1.54) is 10.8 Å². The number of likely N-dealkylation sites (tertiary alicyclic amines) is 1. The van der Waals surface area contributed by atoms with E-state index in [0.29, 0.717) is 12.0 Å². The van der Waals surface area contributed by atoms with Crippen LogP contribution in [0.3, 0.4) is 0 Å². The van der Waals surface area contributed by atoms with Crippen molar-refractivity contribution in [2.24, 2.45) is 5.92 Å². The molecule has 0 amide bonds. The smallest absolute Gasteiger partial charge is 0.213 e. The monoisotopic (exact) mass is 343 g/mol. The fourth-order valence-electron chi connectivity index (χ4n) is 2.63. The molecule has 0 aromatic rings. The lowest BCUT2D eigenvalue weighted by molar-refractivity contribution is 0.0146. The van der Waals surface area contributed by atoms with Crippen LogP contribution in [0, 0.1) is 5.92 Å². The van der Waals surface area contributed by atoms with Gasteiger partial charge >= 0.3 is 0 Å². The molecule has 5 heteroatoms. The van der Waals surface area contributed by atoms with E-state index in [4.69, 9.17) is 4.74 Å². The number of alkyl halides is 1. The summed E-state index contributed by atoms with van der Waals surface area (Å²) in [6.07, 6.45) is 1.44. The topological polar surface area (TPSA) is 35.5 Å². The fraction of sp³-hybridized carbons (Fsp3) is 1.00. The molecule has 88 valence electrons. The van der Waals surface area contributed by atoms with E-state index in [1.807, 2.05) is 6.92 Å². The molecule has 0 saturated carbocycles. The van der Waals surface area contributed by atoms with Crippen LogP contribution < -0.4 is 0 Å². The van der Waals surface area contributed by atoms with Gasteiger partial charge in [-0.15, -0.1) is 0 Å². The van der Waals surface area contributed by atoms with Crippen molar-refractivity contribution in [3.8, 4) is 0 Å². The molecular weight excluding hydrogens is 325 g/mol. The maximum atomic E-state index is 11.6. The van der Waals surface area contributed by atoms with Gasteiger partial charge in [-0.05, 0) is 37.1 Å².